The van der Waals surface area contributed by atoms with Crippen LogP contribution in [0.3, 0.4) is 0 Å². The van der Waals surface area contributed by atoms with Crippen molar-refractivity contribution in [3.05, 3.63) is 0 Å². The van der Waals surface area contributed by atoms with E-state index < -0.39 is 0 Å². The fourth-order valence-electron chi connectivity index (χ4n) is 1.86. The molecule has 0 aromatic heterocycles. The van der Waals surface area contributed by atoms with Crippen molar-refractivity contribution in [3.63, 3.8) is 0 Å². The van der Waals surface area contributed by atoms with Gasteiger partial charge in [-0.05, 0) is 12.8 Å². The van der Waals surface area contributed by atoms with Crippen molar-refractivity contribution in [3.8, 4) is 6.07 Å². The third-order valence-corrected chi connectivity index (χ3v) is 2.88. The lowest BCUT2D eigenvalue weighted by Crippen LogP contribution is -2.50. The minimum absolute atomic E-state index is 0.181. The van der Waals surface area contributed by atoms with Gasteiger partial charge in [-0.15, -0.1) is 0 Å². The Morgan fingerprint density at radius 2 is 2.29 bits per heavy atom. The number of hydrogen-bond acceptors (Lipinski definition) is 3. The molecule has 3 nitrogen and oxygen atoms in total. The van der Waals surface area contributed by atoms with Gasteiger partial charge in [0.05, 0.1) is 12.0 Å². The Hall–Kier alpha value is -0.590. The zero-order valence-corrected chi connectivity index (χ0v) is 9.45. The first-order valence-corrected chi connectivity index (χ1v) is 5.49. The highest BCUT2D eigenvalue weighted by molar-refractivity contribution is 4.89. The number of piperazine rings is 1. The molecule has 0 amide bonds. The Balaban J connectivity index is 2.38. The van der Waals surface area contributed by atoms with Crippen molar-refractivity contribution in [2.45, 2.75) is 26.8 Å². The third kappa shape index (κ3) is 3.28. The van der Waals surface area contributed by atoms with Crippen molar-refractivity contribution in [1.29, 1.82) is 5.26 Å². The van der Waals surface area contributed by atoms with Crippen LogP contribution in [-0.4, -0.2) is 37.1 Å². The van der Waals surface area contributed by atoms with E-state index in [0.717, 1.165) is 26.2 Å². The van der Waals surface area contributed by atoms with Crippen molar-refractivity contribution in [2.24, 2.45) is 11.8 Å². The zero-order chi connectivity index (χ0) is 10.6. The molecule has 1 fully saturated rings. The van der Waals surface area contributed by atoms with Crippen LogP contribution in [0.4, 0.5) is 0 Å². The Bertz CT molecular complexity index is 207. The molecule has 14 heavy (non-hydrogen) atoms. The van der Waals surface area contributed by atoms with E-state index in [9.17, 15) is 0 Å². The first kappa shape index (κ1) is 11.5. The molecule has 1 N–H and O–H groups in total. The summed E-state index contributed by atoms with van der Waals surface area (Å²) in [5.74, 6) is 0.644. The van der Waals surface area contributed by atoms with Gasteiger partial charge < -0.3 is 5.32 Å². The van der Waals surface area contributed by atoms with Crippen LogP contribution in [-0.2, 0) is 0 Å². The van der Waals surface area contributed by atoms with Gasteiger partial charge in [-0.3, -0.25) is 4.90 Å². The number of nitrogens with zero attached hydrogens (tertiary/aromatic N) is 2. The van der Waals surface area contributed by atoms with E-state index in [2.05, 4.69) is 37.1 Å². The second kappa shape index (κ2) is 5.33. The second-order valence-electron chi connectivity index (χ2n) is 4.59. The van der Waals surface area contributed by atoms with E-state index >= 15 is 0 Å². The molecule has 1 saturated heterocycles. The molecular formula is C11H21N3. The fourth-order valence-corrected chi connectivity index (χ4v) is 1.86. The molecule has 0 aliphatic carbocycles. The molecule has 0 aromatic carbocycles. The Morgan fingerprint density at radius 1 is 1.57 bits per heavy atom. The molecule has 0 bridgehead atoms. The lowest BCUT2D eigenvalue weighted by molar-refractivity contribution is 0.178. The van der Waals surface area contributed by atoms with Crippen LogP contribution in [0.25, 0.3) is 0 Å². The molecule has 2 atom stereocenters. The molecule has 3 heteroatoms. The molecule has 1 heterocycles. The average molecular weight is 195 g/mol. The highest BCUT2D eigenvalue weighted by Gasteiger charge is 2.20. The molecule has 80 valence electrons. The van der Waals surface area contributed by atoms with Crippen LogP contribution in [0.5, 0.6) is 0 Å². The van der Waals surface area contributed by atoms with Gasteiger partial charge in [0.25, 0.3) is 0 Å². The van der Waals surface area contributed by atoms with Gasteiger partial charge >= 0.3 is 0 Å². The second-order valence-corrected chi connectivity index (χ2v) is 4.59. The lowest BCUT2D eigenvalue weighted by atomic mass is 9.96. The maximum absolute atomic E-state index is 9.00. The zero-order valence-electron chi connectivity index (χ0n) is 9.45. The normalized spacial score (nSPS) is 26.1. The van der Waals surface area contributed by atoms with Crippen LogP contribution in [0, 0.1) is 23.2 Å². The number of nitriles is 1. The van der Waals surface area contributed by atoms with Crippen molar-refractivity contribution >= 4 is 0 Å². The summed E-state index contributed by atoms with van der Waals surface area (Å²) in [7, 11) is 0. The first-order valence-electron chi connectivity index (χ1n) is 5.49. The summed E-state index contributed by atoms with van der Waals surface area (Å²) in [6.45, 7) is 10.6. The summed E-state index contributed by atoms with van der Waals surface area (Å²) in [6.07, 6.45) is 0. The van der Waals surface area contributed by atoms with Gasteiger partial charge in [0.15, 0.2) is 0 Å². The predicted octanol–water partition coefficient (Wildman–Crippen LogP) is 1.08. The van der Waals surface area contributed by atoms with Crippen LogP contribution < -0.4 is 5.32 Å². The lowest BCUT2D eigenvalue weighted by Gasteiger charge is -2.33. The van der Waals surface area contributed by atoms with Gasteiger partial charge in [0, 0.05) is 32.2 Å². The first-order chi connectivity index (χ1) is 6.63. The molecule has 0 radical (unpaired) electrons. The van der Waals surface area contributed by atoms with Crippen LogP contribution in [0.2, 0.25) is 0 Å². The van der Waals surface area contributed by atoms with Crippen LogP contribution in [0.15, 0.2) is 0 Å². The molecule has 0 saturated carbocycles. The summed E-state index contributed by atoms with van der Waals surface area (Å²) in [5, 5.41) is 12.4. The minimum atomic E-state index is 0.181. The number of rotatable bonds is 3. The average Bonchev–Trinajstić information content (AvgIpc) is 2.14. The topological polar surface area (TPSA) is 39.1 Å². The molecular weight excluding hydrogens is 174 g/mol. The Morgan fingerprint density at radius 3 is 2.79 bits per heavy atom. The maximum atomic E-state index is 9.00. The van der Waals surface area contributed by atoms with Crippen molar-refractivity contribution in [1.82, 2.24) is 10.2 Å². The molecule has 0 aromatic rings. The van der Waals surface area contributed by atoms with Gasteiger partial charge in [-0.2, -0.15) is 5.26 Å². The van der Waals surface area contributed by atoms with Crippen LogP contribution >= 0.6 is 0 Å². The third-order valence-electron chi connectivity index (χ3n) is 2.88. The SMILES string of the molecule is CC(C)C(C#N)CN1CCN[C@H](C)C1. The van der Waals surface area contributed by atoms with Gasteiger partial charge in [-0.1, -0.05) is 13.8 Å². The van der Waals surface area contributed by atoms with Gasteiger partial charge in [0.1, 0.15) is 0 Å². The summed E-state index contributed by atoms with van der Waals surface area (Å²) >= 11 is 0. The molecule has 1 unspecified atom stereocenters. The standard InChI is InChI=1S/C11H21N3/c1-9(2)11(6-12)8-14-5-4-13-10(3)7-14/h9-11,13H,4-5,7-8H2,1-3H3/t10-,11?/m1/s1. The summed E-state index contributed by atoms with van der Waals surface area (Å²) in [4.78, 5) is 2.40. The Labute approximate surface area is 87.1 Å². The Kier molecular flexibility index (Phi) is 4.37. The monoisotopic (exact) mass is 195 g/mol. The molecule has 0 spiro atoms. The fraction of sp³-hybridized carbons (Fsp3) is 0.909. The summed E-state index contributed by atoms with van der Waals surface area (Å²) in [5.41, 5.74) is 0. The predicted molar refractivity (Wildman–Crippen MR) is 57.8 cm³/mol. The van der Waals surface area contributed by atoms with E-state index in [1.54, 1.807) is 0 Å². The maximum Gasteiger partial charge on any atom is 0.0672 e. The number of nitrogens with one attached hydrogen (secondary N) is 1. The molecule has 1 aliphatic heterocycles. The number of hydrogen-bond donors (Lipinski definition) is 1. The minimum Gasteiger partial charge on any atom is -0.312 e. The van der Waals surface area contributed by atoms with Gasteiger partial charge in [0.2, 0.25) is 0 Å². The highest BCUT2D eigenvalue weighted by atomic mass is 15.2. The van der Waals surface area contributed by atoms with Crippen molar-refractivity contribution in [2.75, 3.05) is 26.2 Å². The largest absolute Gasteiger partial charge is 0.312 e. The summed E-state index contributed by atoms with van der Waals surface area (Å²) in [6, 6.07) is 2.97. The summed E-state index contributed by atoms with van der Waals surface area (Å²) < 4.78 is 0. The van der Waals surface area contributed by atoms with E-state index in [1.807, 2.05) is 0 Å². The van der Waals surface area contributed by atoms with E-state index in [-0.39, 0.29) is 5.92 Å². The smallest absolute Gasteiger partial charge is 0.0672 e. The van der Waals surface area contributed by atoms with E-state index in [1.165, 1.54) is 0 Å². The van der Waals surface area contributed by atoms with Gasteiger partial charge in [-0.25, -0.2) is 0 Å². The van der Waals surface area contributed by atoms with E-state index in [4.69, 9.17) is 5.26 Å². The molecule has 1 aliphatic rings. The highest BCUT2D eigenvalue weighted by Crippen LogP contribution is 2.12. The molecule has 1 rings (SSSR count). The van der Waals surface area contributed by atoms with Crippen LogP contribution in [0.1, 0.15) is 20.8 Å². The van der Waals surface area contributed by atoms with E-state index in [0.29, 0.717) is 12.0 Å². The van der Waals surface area contributed by atoms with Crippen molar-refractivity contribution < 1.29 is 0 Å². The quantitative estimate of drug-likeness (QED) is 0.732.